The quantitative estimate of drug-likeness (QED) is 0.591. The highest BCUT2D eigenvalue weighted by Crippen LogP contribution is 2.28. The molecule has 0 aromatic heterocycles. The van der Waals surface area contributed by atoms with Crippen molar-refractivity contribution in [3.8, 4) is 11.5 Å². The molecule has 0 radical (unpaired) electrons. The van der Waals surface area contributed by atoms with E-state index in [-0.39, 0.29) is 12.5 Å². The van der Waals surface area contributed by atoms with Gasteiger partial charge in [-0.3, -0.25) is 9.69 Å². The van der Waals surface area contributed by atoms with Crippen LogP contribution in [0.15, 0.2) is 60.7 Å². The Bertz CT molecular complexity index is 849. The number of rotatable bonds is 10. The number of piperazine rings is 1. The maximum absolute atomic E-state index is 12.2. The average Bonchev–Trinajstić information content (AvgIpc) is 2.83. The first-order valence-electron chi connectivity index (χ1n) is 10.5. The van der Waals surface area contributed by atoms with Crippen molar-refractivity contribution in [1.29, 1.82) is 0 Å². The molecule has 0 spiro atoms. The van der Waals surface area contributed by atoms with Crippen LogP contribution >= 0.6 is 0 Å². The van der Waals surface area contributed by atoms with E-state index in [1.54, 1.807) is 31.4 Å². The van der Waals surface area contributed by atoms with Gasteiger partial charge in [0.25, 0.3) is 5.91 Å². The summed E-state index contributed by atoms with van der Waals surface area (Å²) in [7, 11) is 1.71. The van der Waals surface area contributed by atoms with Crippen molar-refractivity contribution in [2.24, 2.45) is 0 Å². The van der Waals surface area contributed by atoms with Gasteiger partial charge in [-0.15, -0.1) is 0 Å². The number of carbonyl (C=O) groups is 1. The Balaban J connectivity index is 1.36. The zero-order valence-electron chi connectivity index (χ0n) is 17.9. The van der Waals surface area contributed by atoms with E-state index in [0.717, 1.165) is 44.2 Å². The zero-order chi connectivity index (χ0) is 21.9. The largest absolute Gasteiger partial charge is 0.495 e. The van der Waals surface area contributed by atoms with Crippen LogP contribution in [0.4, 0.5) is 10.1 Å². The van der Waals surface area contributed by atoms with E-state index >= 15 is 0 Å². The van der Waals surface area contributed by atoms with E-state index in [4.69, 9.17) is 9.47 Å². The van der Waals surface area contributed by atoms with Crippen LogP contribution in [0.3, 0.4) is 0 Å². The maximum atomic E-state index is 12.2. The molecule has 1 fully saturated rings. The van der Waals surface area contributed by atoms with E-state index in [0.29, 0.717) is 17.9 Å². The summed E-state index contributed by atoms with van der Waals surface area (Å²) >= 11 is 0. The van der Waals surface area contributed by atoms with Crippen LogP contribution < -0.4 is 19.7 Å². The summed E-state index contributed by atoms with van der Waals surface area (Å²) in [5.74, 6) is 1.32. The van der Waals surface area contributed by atoms with Crippen LogP contribution in [-0.2, 0) is 0 Å². The third-order valence-corrected chi connectivity index (χ3v) is 5.17. The van der Waals surface area contributed by atoms with Gasteiger partial charge in [0.05, 0.1) is 12.8 Å². The number of anilines is 1. The van der Waals surface area contributed by atoms with Gasteiger partial charge in [-0.05, 0) is 36.4 Å². The van der Waals surface area contributed by atoms with Crippen LogP contribution in [0.2, 0.25) is 0 Å². The van der Waals surface area contributed by atoms with Gasteiger partial charge in [0.1, 0.15) is 24.8 Å². The standard InChI is InChI=1S/C24H30FN3O3/c1-30-23-7-3-2-6-22(23)28-17-15-27(16-18-28)14-5-4-13-26-24(29)20-8-10-21(11-9-20)31-19-12-25/h2-11H,12-19H2,1H3,(H,26,29)/b5-4+. The number of halogens is 1. The fourth-order valence-corrected chi connectivity index (χ4v) is 3.48. The summed E-state index contributed by atoms with van der Waals surface area (Å²) in [5.41, 5.74) is 1.69. The van der Waals surface area contributed by atoms with Crippen molar-refractivity contribution < 1.29 is 18.7 Å². The fraction of sp³-hybridized carbons (Fsp3) is 0.375. The summed E-state index contributed by atoms with van der Waals surface area (Å²) in [5, 5.41) is 2.87. The zero-order valence-corrected chi connectivity index (χ0v) is 17.9. The summed E-state index contributed by atoms with van der Waals surface area (Å²) < 4.78 is 22.8. The highest BCUT2D eigenvalue weighted by Gasteiger charge is 2.18. The predicted molar refractivity (Wildman–Crippen MR) is 121 cm³/mol. The average molecular weight is 428 g/mol. The van der Waals surface area contributed by atoms with Crippen LogP contribution in [0.1, 0.15) is 10.4 Å². The number of nitrogens with one attached hydrogen (secondary N) is 1. The molecule has 166 valence electrons. The van der Waals surface area contributed by atoms with Gasteiger partial charge in [-0.25, -0.2) is 4.39 Å². The number of para-hydroxylation sites is 2. The molecule has 1 heterocycles. The van der Waals surface area contributed by atoms with Gasteiger partial charge < -0.3 is 19.7 Å². The molecule has 0 saturated carbocycles. The molecule has 1 aliphatic rings. The third-order valence-electron chi connectivity index (χ3n) is 5.17. The molecule has 0 bridgehead atoms. The molecule has 1 amide bonds. The molecule has 2 aromatic rings. The number of methoxy groups -OCH3 is 1. The van der Waals surface area contributed by atoms with Crippen LogP contribution in [-0.4, -0.2) is 70.5 Å². The van der Waals surface area contributed by atoms with Crippen molar-refractivity contribution in [3.63, 3.8) is 0 Å². The Kier molecular flexibility index (Phi) is 8.72. The molecule has 31 heavy (non-hydrogen) atoms. The topological polar surface area (TPSA) is 54.0 Å². The maximum Gasteiger partial charge on any atom is 0.251 e. The number of alkyl halides is 1. The summed E-state index contributed by atoms with van der Waals surface area (Å²) in [4.78, 5) is 16.9. The highest BCUT2D eigenvalue weighted by molar-refractivity contribution is 5.94. The SMILES string of the molecule is COc1ccccc1N1CCN(C/C=C/CNC(=O)c2ccc(OCCF)cc2)CC1. The Morgan fingerprint density at radius 3 is 2.52 bits per heavy atom. The first kappa shape index (κ1) is 22.6. The second-order valence-electron chi connectivity index (χ2n) is 7.20. The second-order valence-corrected chi connectivity index (χ2v) is 7.20. The van der Waals surface area contributed by atoms with Crippen molar-refractivity contribution >= 4 is 11.6 Å². The number of amides is 1. The Morgan fingerprint density at radius 1 is 1.06 bits per heavy atom. The smallest absolute Gasteiger partial charge is 0.251 e. The van der Waals surface area contributed by atoms with E-state index in [1.165, 1.54) is 0 Å². The predicted octanol–water partition coefficient (Wildman–Crippen LogP) is 3.15. The lowest BCUT2D eigenvalue weighted by molar-refractivity contribution is 0.0958. The van der Waals surface area contributed by atoms with Gasteiger partial charge in [-0.2, -0.15) is 0 Å². The number of ether oxygens (including phenoxy) is 2. The van der Waals surface area contributed by atoms with Gasteiger partial charge >= 0.3 is 0 Å². The Labute approximate surface area is 183 Å². The van der Waals surface area contributed by atoms with Gasteiger partial charge in [0, 0.05) is 44.8 Å². The van der Waals surface area contributed by atoms with E-state index in [9.17, 15) is 9.18 Å². The molecule has 3 rings (SSSR count). The molecule has 1 N–H and O–H groups in total. The first-order valence-corrected chi connectivity index (χ1v) is 10.5. The first-order chi connectivity index (χ1) is 15.2. The van der Waals surface area contributed by atoms with Gasteiger partial charge in [0.2, 0.25) is 0 Å². The lowest BCUT2D eigenvalue weighted by Gasteiger charge is -2.36. The van der Waals surface area contributed by atoms with Crippen LogP contribution in [0.25, 0.3) is 0 Å². The Morgan fingerprint density at radius 2 is 1.81 bits per heavy atom. The van der Waals surface area contributed by atoms with Crippen LogP contribution in [0.5, 0.6) is 11.5 Å². The van der Waals surface area contributed by atoms with E-state index in [1.807, 2.05) is 24.3 Å². The number of benzene rings is 2. The molecule has 1 aliphatic heterocycles. The lowest BCUT2D eigenvalue weighted by Crippen LogP contribution is -2.46. The van der Waals surface area contributed by atoms with Crippen molar-refractivity contribution in [1.82, 2.24) is 10.2 Å². The molecule has 0 unspecified atom stereocenters. The van der Waals surface area contributed by atoms with Crippen molar-refractivity contribution in [2.45, 2.75) is 0 Å². The third kappa shape index (κ3) is 6.72. The highest BCUT2D eigenvalue weighted by atomic mass is 19.1. The molecule has 6 nitrogen and oxygen atoms in total. The Hall–Kier alpha value is -3.06. The molecular weight excluding hydrogens is 397 g/mol. The molecule has 7 heteroatoms. The molecular formula is C24H30FN3O3. The normalized spacial score (nSPS) is 14.6. The summed E-state index contributed by atoms with van der Waals surface area (Å²) in [6.07, 6.45) is 4.07. The number of hydrogen-bond donors (Lipinski definition) is 1. The van der Waals surface area contributed by atoms with E-state index < -0.39 is 6.67 Å². The molecule has 0 atom stereocenters. The lowest BCUT2D eigenvalue weighted by atomic mass is 10.2. The van der Waals surface area contributed by atoms with Crippen LogP contribution in [0, 0.1) is 0 Å². The molecule has 2 aromatic carbocycles. The minimum atomic E-state index is -0.536. The second kappa shape index (κ2) is 12.0. The van der Waals surface area contributed by atoms with Gasteiger partial charge in [-0.1, -0.05) is 24.3 Å². The number of hydrogen-bond acceptors (Lipinski definition) is 5. The number of carbonyl (C=O) groups excluding carboxylic acids is 1. The fourth-order valence-electron chi connectivity index (χ4n) is 3.48. The molecule has 0 aliphatic carbocycles. The summed E-state index contributed by atoms with van der Waals surface area (Å²) in [6, 6.07) is 14.8. The van der Waals surface area contributed by atoms with Gasteiger partial charge in [0.15, 0.2) is 0 Å². The van der Waals surface area contributed by atoms with E-state index in [2.05, 4.69) is 27.3 Å². The van der Waals surface area contributed by atoms with Crippen molar-refractivity contribution in [2.75, 3.05) is 64.6 Å². The van der Waals surface area contributed by atoms with Crippen molar-refractivity contribution in [3.05, 3.63) is 66.2 Å². The minimum Gasteiger partial charge on any atom is -0.495 e. The minimum absolute atomic E-state index is 0.0197. The monoisotopic (exact) mass is 427 g/mol. The summed E-state index contributed by atoms with van der Waals surface area (Å²) in [6.45, 7) is 4.68. The molecule has 1 saturated heterocycles. The number of nitrogens with zero attached hydrogens (tertiary/aromatic N) is 2.